The Labute approximate surface area is 109 Å². The molecule has 0 spiro atoms. The molecule has 1 aromatic carbocycles. The van der Waals surface area contributed by atoms with Crippen LogP contribution in [0, 0.1) is 0 Å². The van der Waals surface area contributed by atoms with Crippen LogP contribution in [0.2, 0.25) is 0 Å². The molecular formula is C13H15BrO3. The molecule has 0 amide bonds. The van der Waals surface area contributed by atoms with Crippen molar-refractivity contribution in [2.45, 2.75) is 18.3 Å². The average Bonchev–Trinajstić information content (AvgIpc) is 2.27. The number of benzene rings is 1. The number of carbonyl (C=O) groups is 1. The van der Waals surface area contributed by atoms with Crippen molar-refractivity contribution >= 4 is 21.9 Å². The van der Waals surface area contributed by atoms with Gasteiger partial charge in [0.1, 0.15) is 0 Å². The Balaban J connectivity index is 2.11. The van der Waals surface area contributed by atoms with Gasteiger partial charge in [0.2, 0.25) is 0 Å². The highest BCUT2D eigenvalue weighted by Gasteiger charge is 2.40. The molecule has 0 bridgehead atoms. The lowest BCUT2D eigenvalue weighted by Crippen LogP contribution is -2.47. The van der Waals surface area contributed by atoms with Gasteiger partial charge >= 0.3 is 5.97 Å². The summed E-state index contributed by atoms with van der Waals surface area (Å²) in [4.78, 5) is 11.2. The summed E-state index contributed by atoms with van der Waals surface area (Å²) in [7, 11) is 1.42. The van der Waals surface area contributed by atoms with Crippen molar-refractivity contribution in [1.82, 2.24) is 0 Å². The van der Waals surface area contributed by atoms with Crippen LogP contribution in [0.1, 0.15) is 18.4 Å². The minimum atomic E-state index is -0.161. The van der Waals surface area contributed by atoms with E-state index >= 15 is 0 Å². The molecule has 0 atom stereocenters. The molecule has 0 N–H and O–H groups in total. The summed E-state index contributed by atoms with van der Waals surface area (Å²) in [5.41, 5.74) is 1.21. The third-order valence-corrected chi connectivity index (χ3v) is 3.72. The van der Waals surface area contributed by atoms with Crippen molar-refractivity contribution in [3.05, 3.63) is 34.3 Å². The van der Waals surface area contributed by atoms with Gasteiger partial charge in [0.15, 0.2) is 0 Å². The third-order valence-electron chi connectivity index (χ3n) is 3.23. The van der Waals surface area contributed by atoms with E-state index in [4.69, 9.17) is 4.74 Å². The fraction of sp³-hybridized carbons (Fsp3) is 0.462. The Morgan fingerprint density at radius 2 is 2.29 bits per heavy atom. The second-order valence-corrected chi connectivity index (χ2v) is 5.28. The summed E-state index contributed by atoms with van der Waals surface area (Å²) >= 11 is 3.47. The zero-order chi connectivity index (χ0) is 12.3. The topological polar surface area (TPSA) is 35.5 Å². The summed E-state index contributed by atoms with van der Waals surface area (Å²) in [5.74, 6) is -0.161. The Kier molecular flexibility index (Phi) is 3.84. The molecule has 0 saturated carbocycles. The Bertz CT molecular complexity index is 413. The monoisotopic (exact) mass is 298 g/mol. The van der Waals surface area contributed by atoms with Crippen molar-refractivity contribution in [3.8, 4) is 0 Å². The molecule has 0 aromatic heterocycles. The second-order valence-electron chi connectivity index (χ2n) is 4.36. The fourth-order valence-electron chi connectivity index (χ4n) is 2.07. The first-order valence-corrected chi connectivity index (χ1v) is 6.36. The molecule has 92 valence electrons. The van der Waals surface area contributed by atoms with Crippen molar-refractivity contribution < 1.29 is 14.3 Å². The van der Waals surface area contributed by atoms with Gasteiger partial charge in [-0.1, -0.05) is 28.1 Å². The first-order valence-electron chi connectivity index (χ1n) is 5.57. The molecule has 1 aliphatic rings. The minimum absolute atomic E-state index is 0.0159. The number of methoxy groups -OCH3 is 1. The number of hydrogen-bond acceptors (Lipinski definition) is 3. The van der Waals surface area contributed by atoms with Crippen LogP contribution in [0.3, 0.4) is 0 Å². The van der Waals surface area contributed by atoms with Gasteiger partial charge in [0, 0.05) is 16.3 Å². The van der Waals surface area contributed by atoms with Gasteiger partial charge in [-0.2, -0.15) is 0 Å². The number of carbonyl (C=O) groups excluding carboxylic acids is 1. The molecule has 0 unspecified atom stereocenters. The van der Waals surface area contributed by atoms with E-state index < -0.39 is 0 Å². The Morgan fingerprint density at radius 1 is 1.53 bits per heavy atom. The SMILES string of the molecule is COC(=O)CCC1(c2cccc(Br)c2)COC1. The number of hydrogen-bond donors (Lipinski definition) is 0. The van der Waals surface area contributed by atoms with E-state index in [9.17, 15) is 4.79 Å². The predicted molar refractivity (Wildman–Crippen MR) is 67.9 cm³/mol. The Morgan fingerprint density at radius 3 is 2.82 bits per heavy atom. The molecule has 1 heterocycles. The van der Waals surface area contributed by atoms with E-state index in [1.54, 1.807) is 0 Å². The highest BCUT2D eigenvalue weighted by Crippen LogP contribution is 2.37. The van der Waals surface area contributed by atoms with Gasteiger partial charge in [0.25, 0.3) is 0 Å². The van der Waals surface area contributed by atoms with Crippen LogP contribution >= 0.6 is 15.9 Å². The molecule has 1 saturated heterocycles. The maximum Gasteiger partial charge on any atom is 0.305 e. The molecule has 1 aliphatic heterocycles. The molecule has 17 heavy (non-hydrogen) atoms. The Hall–Kier alpha value is -0.870. The third kappa shape index (κ3) is 2.69. The zero-order valence-corrected chi connectivity index (χ0v) is 11.3. The standard InChI is InChI=1S/C13H15BrO3/c1-16-12(15)5-6-13(8-17-9-13)10-3-2-4-11(14)7-10/h2-4,7H,5-6,8-9H2,1H3. The van der Waals surface area contributed by atoms with Crippen LogP contribution in [0.5, 0.6) is 0 Å². The summed E-state index contributed by atoms with van der Waals surface area (Å²) in [6, 6.07) is 8.19. The van der Waals surface area contributed by atoms with Crippen LogP contribution < -0.4 is 0 Å². The van der Waals surface area contributed by atoms with Crippen LogP contribution in [-0.4, -0.2) is 26.3 Å². The van der Waals surface area contributed by atoms with Gasteiger partial charge < -0.3 is 9.47 Å². The molecular weight excluding hydrogens is 284 g/mol. The number of esters is 1. The molecule has 3 nitrogen and oxygen atoms in total. The lowest BCUT2D eigenvalue weighted by molar-refractivity contribution is -0.142. The normalized spacial score (nSPS) is 17.3. The quantitative estimate of drug-likeness (QED) is 0.802. The smallest absolute Gasteiger partial charge is 0.305 e. The lowest BCUT2D eigenvalue weighted by atomic mass is 9.75. The maximum atomic E-state index is 11.2. The van der Waals surface area contributed by atoms with E-state index in [2.05, 4.69) is 32.8 Å². The second kappa shape index (κ2) is 5.19. The molecule has 2 rings (SSSR count). The van der Waals surface area contributed by atoms with Gasteiger partial charge in [0.05, 0.1) is 20.3 Å². The number of ether oxygens (including phenoxy) is 2. The maximum absolute atomic E-state index is 11.2. The fourth-order valence-corrected chi connectivity index (χ4v) is 2.46. The van der Waals surface area contributed by atoms with Crippen molar-refractivity contribution in [3.63, 3.8) is 0 Å². The van der Waals surface area contributed by atoms with Crippen molar-refractivity contribution in [1.29, 1.82) is 0 Å². The van der Waals surface area contributed by atoms with Crippen LogP contribution in [0.15, 0.2) is 28.7 Å². The molecule has 0 radical (unpaired) electrons. The number of rotatable bonds is 4. The summed E-state index contributed by atoms with van der Waals surface area (Å²) < 4.78 is 11.1. The summed E-state index contributed by atoms with van der Waals surface area (Å²) in [5, 5.41) is 0. The van der Waals surface area contributed by atoms with E-state index in [1.807, 2.05) is 12.1 Å². The van der Waals surface area contributed by atoms with Crippen LogP contribution in [-0.2, 0) is 19.7 Å². The van der Waals surface area contributed by atoms with E-state index in [0.29, 0.717) is 19.6 Å². The first-order chi connectivity index (χ1) is 8.16. The summed E-state index contributed by atoms with van der Waals surface area (Å²) in [6.07, 6.45) is 1.21. The first kappa shape index (κ1) is 12.6. The minimum Gasteiger partial charge on any atom is -0.469 e. The molecule has 1 aromatic rings. The predicted octanol–water partition coefficient (Wildman–Crippen LogP) is 2.67. The van der Waals surface area contributed by atoms with E-state index in [-0.39, 0.29) is 11.4 Å². The zero-order valence-electron chi connectivity index (χ0n) is 9.74. The van der Waals surface area contributed by atoms with Crippen LogP contribution in [0.25, 0.3) is 0 Å². The number of halogens is 1. The summed E-state index contributed by atoms with van der Waals surface area (Å²) in [6.45, 7) is 1.36. The highest BCUT2D eigenvalue weighted by atomic mass is 79.9. The van der Waals surface area contributed by atoms with E-state index in [1.165, 1.54) is 12.7 Å². The van der Waals surface area contributed by atoms with Crippen molar-refractivity contribution in [2.75, 3.05) is 20.3 Å². The molecule has 1 fully saturated rings. The van der Waals surface area contributed by atoms with Crippen molar-refractivity contribution in [2.24, 2.45) is 0 Å². The highest BCUT2D eigenvalue weighted by molar-refractivity contribution is 9.10. The van der Waals surface area contributed by atoms with E-state index in [0.717, 1.165) is 10.9 Å². The average molecular weight is 299 g/mol. The lowest BCUT2D eigenvalue weighted by Gasteiger charge is -2.42. The van der Waals surface area contributed by atoms with Gasteiger partial charge in [-0.25, -0.2) is 0 Å². The molecule has 4 heteroatoms. The molecule has 0 aliphatic carbocycles. The largest absolute Gasteiger partial charge is 0.469 e. The van der Waals surface area contributed by atoms with Crippen LogP contribution in [0.4, 0.5) is 0 Å². The van der Waals surface area contributed by atoms with Gasteiger partial charge in [-0.3, -0.25) is 4.79 Å². The van der Waals surface area contributed by atoms with Gasteiger partial charge in [-0.15, -0.1) is 0 Å². The van der Waals surface area contributed by atoms with Gasteiger partial charge in [-0.05, 0) is 24.1 Å².